The summed E-state index contributed by atoms with van der Waals surface area (Å²) in [4.78, 5) is 2.23. The molecule has 0 spiro atoms. The van der Waals surface area contributed by atoms with E-state index in [9.17, 15) is 13.2 Å². The summed E-state index contributed by atoms with van der Waals surface area (Å²) in [5.74, 6) is 0. The van der Waals surface area contributed by atoms with Crippen molar-refractivity contribution < 1.29 is 13.2 Å². The maximum absolute atomic E-state index is 12.7. The first kappa shape index (κ1) is 16.1. The van der Waals surface area contributed by atoms with Crippen LogP contribution in [0.5, 0.6) is 0 Å². The van der Waals surface area contributed by atoms with Gasteiger partial charge in [0.1, 0.15) is 0 Å². The van der Waals surface area contributed by atoms with Crippen LogP contribution in [-0.4, -0.2) is 17.9 Å². The molecule has 0 aromatic heterocycles. The summed E-state index contributed by atoms with van der Waals surface area (Å²) in [6.45, 7) is 0.904. The van der Waals surface area contributed by atoms with E-state index < -0.39 is 11.7 Å². The molecule has 1 aromatic carbocycles. The minimum atomic E-state index is -4.29. The van der Waals surface area contributed by atoms with Crippen molar-refractivity contribution in [2.24, 2.45) is 0 Å². The zero-order valence-electron chi connectivity index (χ0n) is 10.9. The van der Waals surface area contributed by atoms with Crippen LogP contribution in [0.1, 0.15) is 31.2 Å². The summed E-state index contributed by atoms with van der Waals surface area (Å²) in [5, 5.41) is 0.909. The lowest BCUT2D eigenvalue weighted by Crippen LogP contribution is -2.40. The number of hydrogen-bond donors (Lipinski definition) is 0. The topological polar surface area (TPSA) is 3.24 Å². The second-order valence-electron chi connectivity index (χ2n) is 4.98. The molecule has 1 aliphatic heterocycles. The Bertz CT molecular complexity index is 460. The lowest BCUT2D eigenvalue weighted by atomic mass is 9.99. The third kappa shape index (κ3) is 3.70. The van der Waals surface area contributed by atoms with Crippen LogP contribution < -0.4 is 4.90 Å². The summed E-state index contributed by atoms with van der Waals surface area (Å²) in [6, 6.07) is 4.32. The molecule has 0 N–H and O–H groups in total. The van der Waals surface area contributed by atoms with Crippen LogP contribution >= 0.6 is 31.9 Å². The Morgan fingerprint density at radius 1 is 1.25 bits per heavy atom. The molecule has 0 radical (unpaired) electrons. The Kier molecular flexibility index (Phi) is 5.40. The lowest BCUT2D eigenvalue weighted by Gasteiger charge is -2.38. The van der Waals surface area contributed by atoms with E-state index in [0.717, 1.165) is 36.8 Å². The largest absolute Gasteiger partial charge is 0.416 e. The highest BCUT2D eigenvalue weighted by Gasteiger charge is 2.32. The highest BCUT2D eigenvalue weighted by molar-refractivity contribution is 9.10. The molecule has 1 aliphatic rings. The van der Waals surface area contributed by atoms with Gasteiger partial charge in [-0.3, -0.25) is 0 Å². The predicted octanol–water partition coefficient (Wildman–Crippen LogP) is 5.61. The molecule has 1 heterocycles. The zero-order chi connectivity index (χ0) is 14.8. The zero-order valence-corrected chi connectivity index (χ0v) is 14.1. The summed E-state index contributed by atoms with van der Waals surface area (Å²) < 4.78 is 38.6. The molecule has 1 saturated heterocycles. The molecule has 0 aliphatic carbocycles. The number of rotatable bonds is 3. The van der Waals surface area contributed by atoms with Gasteiger partial charge in [0, 0.05) is 22.4 Å². The van der Waals surface area contributed by atoms with E-state index in [0.29, 0.717) is 10.5 Å². The van der Waals surface area contributed by atoms with Crippen molar-refractivity contribution in [1.82, 2.24) is 0 Å². The smallest absolute Gasteiger partial charge is 0.368 e. The van der Waals surface area contributed by atoms with Crippen LogP contribution in [0.2, 0.25) is 0 Å². The van der Waals surface area contributed by atoms with Gasteiger partial charge in [-0.05, 0) is 59.8 Å². The second kappa shape index (κ2) is 6.69. The van der Waals surface area contributed by atoms with E-state index in [1.165, 1.54) is 18.6 Å². The molecule has 1 fully saturated rings. The van der Waals surface area contributed by atoms with E-state index in [4.69, 9.17) is 0 Å². The number of anilines is 1. The first-order valence-corrected chi connectivity index (χ1v) is 8.54. The van der Waals surface area contributed by atoms with Crippen LogP contribution in [0.4, 0.5) is 18.9 Å². The van der Waals surface area contributed by atoms with Crippen molar-refractivity contribution in [1.29, 1.82) is 0 Å². The third-order valence-electron chi connectivity index (χ3n) is 3.65. The van der Waals surface area contributed by atoms with E-state index in [2.05, 4.69) is 36.8 Å². The minimum absolute atomic E-state index is 0.399. The van der Waals surface area contributed by atoms with Gasteiger partial charge in [0.15, 0.2) is 0 Å². The monoisotopic (exact) mass is 413 g/mol. The summed E-state index contributed by atoms with van der Waals surface area (Å²) >= 11 is 6.75. The molecule has 0 saturated carbocycles. The highest BCUT2D eigenvalue weighted by atomic mass is 79.9. The molecule has 6 heteroatoms. The van der Waals surface area contributed by atoms with Crippen molar-refractivity contribution >= 4 is 37.5 Å². The van der Waals surface area contributed by atoms with E-state index in [1.807, 2.05) is 0 Å². The molecule has 1 nitrogen and oxygen atoms in total. The SMILES string of the molecule is FC(F)(F)c1ccc(N2CCCCC2CCBr)c(Br)c1. The predicted molar refractivity (Wildman–Crippen MR) is 82.5 cm³/mol. The van der Waals surface area contributed by atoms with Gasteiger partial charge in [0.2, 0.25) is 0 Å². The quantitative estimate of drug-likeness (QED) is 0.581. The standard InChI is InChI=1S/C14H16Br2F3N/c15-7-6-11-3-1-2-8-20(11)13-5-4-10(9-12(13)16)14(17,18)19/h4-5,9,11H,1-3,6-8H2. The number of hydrogen-bond acceptors (Lipinski definition) is 1. The fraction of sp³-hybridized carbons (Fsp3) is 0.571. The number of piperidine rings is 1. The van der Waals surface area contributed by atoms with Gasteiger partial charge in [-0.1, -0.05) is 15.9 Å². The average Bonchev–Trinajstić information content (AvgIpc) is 2.39. The Morgan fingerprint density at radius 3 is 2.60 bits per heavy atom. The normalized spacial score (nSPS) is 20.2. The average molecular weight is 415 g/mol. The van der Waals surface area contributed by atoms with E-state index in [-0.39, 0.29) is 0 Å². The Morgan fingerprint density at radius 2 is 2.00 bits per heavy atom. The number of nitrogens with zero attached hydrogens (tertiary/aromatic N) is 1. The summed E-state index contributed by atoms with van der Waals surface area (Å²) in [5.41, 5.74) is 0.255. The van der Waals surface area contributed by atoms with Crippen molar-refractivity contribution in [2.75, 3.05) is 16.8 Å². The molecule has 1 unspecified atom stereocenters. The van der Waals surface area contributed by atoms with Gasteiger partial charge in [-0.15, -0.1) is 0 Å². The van der Waals surface area contributed by atoms with Gasteiger partial charge in [0.05, 0.1) is 11.3 Å². The van der Waals surface area contributed by atoms with Crippen molar-refractivity contribution in [3.8, 4) is 0 Å². The minimum Gasteiger partial charge on any atom is -0.368 e. The molecule has 112 valence electrons. The lowest BCUT2D eigenvalue weighted by molar-refractivity contribution is -0.137. The Balaban J connectivity index is 2.27. The first-order valence-electron chi connectivity index (χ1n) is 6.63. The number of halogens is 5. The third-order valence-corrected chi connectivity index (χ3v) is 4.75. The summed E-state index contributed by atoms with van der Waals surface area (Å²) in [6.07, 6.45) is 0.0867. The maximum atomic E-state index is 12.7. The molecule has 1 atom stereocenters. The Labute approximate surface area is 133 Å². The van der Waals surface area contributed by atoms with Crippen molar-refractivity contribution in [3.63, 3.8) is 0 Å². The summed E-state index contributed by atoms with van der Waals surface area (Å²) in [7, 11) is 0. The molecule has 0 amide bonds. The molecular formula is C14H16Br2F3N. The molecule has 2 rings (SSSR count). The van der Waals surface area contributed by atoms with Crippen LogP contribution in [0.3, 0.4) is 0 Å². The van der Waals surface area contributed by atoms with E-state index in [1.54, 1.807) is 6.07 Å². The maximum Gasteiger partial charge on any atom is 0.416 e. The van der Waals surface area contributed by atoms with Crippen LogP contribution in [0.15, 0.2) is 22.7 Å². The van der Waals surface area contributed by atoms with Crippen LogP contribution in [0, 0.1) is 0 Å². The molecule has 20 heavy (non-hydrogen) atoms. The first-order chi connectivity index (χ1) is 9.43. The van der Waals surface area contributed by atoms with Crippen LogP contribution in [0.25, 0.3) is 0 Å². The highest BCUT2D eigenvalue weighted by Crippen LogP contribution is 2.37. The van der Waals surface area contributed by atoms with Crippen LogP contribution in [-0.2, 0) is 6.18 Å². The van der Waals surface area contributed by atoms with Gasteiger partial charge < -0.3 is 4.90 Å². The van der Waals surface area contributed by atoms with Crippen molar-refractivity contribution in [2.45, 2.75) is 37.9 Å². The number of alkyl halides is 4. The fourth-order valence-electron chi connectivity index (χ4n) is 2.66. The molecule has 0 bridgehead atoms. The van der Waals surface area contributed by atoms with Gasteiger partial charge in [-0.25, -0.2) is 0 Å². The second-order valence-corrected chi connectivity index (χ2v) is 6.63. The van der Waals surface area contributed by atoms with Crippen molar-refractivity contribution in [3.05, 3.63) is 28.2 Å². The molecular weight excluding hydrogens is 399 g/mol. The fourth-order valence-corrected chi connectivity index (χ4v) is 3.79. The van der Waals surface area contributed by atoms with Gasteiger partial charge in [-0.2, -0.15) is 13.2 Å². The van der Waals surface area contributed by atoms with E-state index >= 15 is 0 Å². The number of benzene rings is 1. The molecule has 1 aromatic rings. The van der Waals surface area contributed by atoms with Gasteiger partial charge in [0.25, 0.3) is 0 Å². The van der Waals surface area contributed by atoms with Gasteiger partial charge >= 0.3 is 6.18 Å². The Hall–Kier alpha value is -0.230.